The third-order valence-electron chi connectivity index (χ3n) is 2.81. The molecule has 0 saturated heterocycles. The van der Waals surface area contributed by atoms with E-state index in [1.165, 1.54) is 0 Å². The van der Waals surface area contributed by atoms with E-state index in [1.54, 1.807) is 13.3 Å². The van der Waals surface area contributed by atoms with Gasteiger partial charge in [0.1, 0.15) is 11.5 Å². The van der Waals surface area contributed by atoms with Crippen molar-refractivity contribution in [3.05, 3.63) is 42.1 Å². The number of ether oxygens (including phenoxy) is 2. The molecule has 0 unspecified atom stereocenters. The van der Waals surface area contributed by atoms with Crippen molar-refractivity contribution in [3.8, 4) is 22.8 Å². The van der Waals surface area contributed by atoms with Gasteiger partial charge in [0, 0.05) is 17.8 Å². The first kappa shape index (κ1) is 13.4. The van der Waals surface area contributed by atoms with Gasteiger partial charge in [-0.2, -0.15) is 0 Å². The first-order valence-electron chi connectivity index (χ1n) is 6.38. The second-order valence-electron chi connectivity index (χ2n) is 4.70. The number of hydrogen-bond donors (Lipinski definition) is 0. The highest BCUT2D eigenvalue weighted by atomic mass is 16.5. The normalized spacial score (nSPS) is 10.6. The Morgan fingerprint density at radius 2 is 1.95 bits per heavy atom. The zero-order valence-electron chi connectivity index (χ0n) is 11.8. The minimum Gasteiger partial charge on any atom is -0.497 e. The lowest BCUT2D eigenvalue weighted by atomic mass is 10.1. The van der Waals surface area contributed by atoms with Crippen LogP contribution in [-0.4, -0.2) is 18.2 Å². The Hall–Kier alpha value is -2.03. The highest BCUT2D eigenvalue weighted by molar-refractivity contribution is 5.70. The van der Waals surface area contributed by atoms with Gasteiger partial charge < -0.3 is 9.47 Å². The molecule has 0 fully saturated rings. The van der Waals surface area contributed by atoms with Crippen molar-refractivity contribution in [2.75, 3.05) is 7.11 Å². The Labute approximate surface area is 114 Å². The van der Waals surface area contributed by atoms with E-state index >= 15 is 0 Å². The van der Waals surface area contributed by atoms with Crippen LogP contribution in [0.25, 0.3) is 11.3 Å². The largest absolute Gasteiger partial charge is 0.497 e. The molecule has 100 valence electrons. The van der Waals surface area contributed by atoms with Crippen LogP contribution in [0.1, 0.15) is 19.4 Å². The zero-order valence-corrected chi connectivity index (χ0v) is 11.8. The van der Waals surface area contributed by atoms with Crippen LogP contribution < -0.4 is 9.47 Å². The lowest BCUT2D eigenvalue weighted by Crippen LogP contribution is -2.08. The van der Waals surface area contributed by atoms with Crippen LogP contribution in [0.15, 0.2) is 36.5 Å². The number of benzene rings is 1. The molecule has 0 aliphatic heterocycles. The van der Waals surface area contributed by atoms with Gasteiger partial charge in [-0.15, -0.1) is 0 Å². The number of hydrogen-bond acceptors (Lipinski definition) is 3. The number of para-hydroxylation sites is 1. The quantitative estimate of drug-likeness (QED) is 0.833. The number of aromatic nitrogens is 1. The summed E-state index contributed by atoms with van der Waals surface area (Å²) in [5, 5.41) is 0. The smallest absolute Gasteiger partial charge is 0.131 e. The van der Waals surface area contributed by atoms with Gasteiger partial charge in [-0.25, -0.2) is 0 Å². The van der Waals surface area contributed by atoms with E-state index in [0.29, 0.717) is 0 Å². The van der Waals surface area contributed by atoms with Crippen molar-refractivity contribution >= 4 is 0 Å². The van der Waals surface area contributed by atoms with Crippen LogP contribution in [0.5, 0.6) is 11.5 Å². The van der Waals surface area contributed by atoms with Gasteiger partial charge in [0.25, 0.3) is 0 Å². The number of nitrogens with zero attached hydrogens (tertiary/aromatic N) is 1. The van der Waals surface area contributed by atoms with E-state index in [9.17, 15) is 0 Å². The average Bonchev–Trinajstić information content (AvgIpc) is 2.40. The molecule has 2 rings (SSSR count). The molecule has 3 nitrogen and oxygen atoms in total. The molecule has 1 heterocycles. The van der Waals surface area contributed by atoms with Crippen LogP contribution in [0, 0.1) is 6.92 Å². The van der Waals surface area contributed by atoms with Crippen molar-refractivity contribution in [2.24, 2.45) is 0 Å². The fraction of sp³-hybridized carbons (Fsp3) is 0.312. The van der Waals surface area contributed by atoms with Crippen molar-refractivity contribution in [3.63, 3.8) is 0 Å². The van der Waals surface area contributed by atoms with Crippen molar-refractivity contribution < 1.29 is 9.47 Å². The lowest BCUT2D eigenvalue weighted by Gasteiger charge is -2.16. The summed E-state index contributed by atoms with van der Waals surface area (Å²) in [5.74, 6) is 1.68. The summed E-state index contributed by atoms with van der Waals surface area (Å²) in [6.45, 7) is 6.09. The van der Waals surface area contributed by atoms with Gasteiger partial charge in [0.05, 0.1) is 18.9 Å². The molecule has 0 atom stereocenters. The van der Waals surface area contributed by atoms with E-state index in [4.69, 9.17) is 9.47 Å². The third-order valence-corrected chi connectivity index (χ3v) is 2.81. The molecular weight excluding hydrogens is 238 g/mol. The maximum absolute atomic E-state index is 5.92. The Morgan fingerprint density at radius 3 is 2.63 bits per heavy atom. The second kappa shape index (κ2) is 5.74. The number of rotatable bonds is 4. The number of methoxy groups -OCH3 is 1. The fourth-order valence-electron chi connectivity index (χ4n) is 1.93. The van der Waals surface area contributed by atoms with Gasteiger partial charge in [-0.05, 0) is 38.5 Å². The summed E-state index contributed by atoms with van der Waals surface area (Å²) in [7, 11) is 1.65. The predicted molar refractivity (Wildman–Crippen MR) is 76.7 cm³/mol. The zero-order chi connectivity index (χ0) is 13.8. The topological polar surface area (TPSA) is 31.4 Å². The molecule has 0 aliphatic rings. The second-order valence-corrected chi connectivity index (χ2v) is 4.70. The molecule has 0 spiro atoms. The van der Waals surface area contributed by atoms with E-state index in [2.05, 4.69) is 4.98 Å². The molecule has 2 aromatic rings. The van der Waals surface area contributed by atoms with E-state index in [0.717, 1.165) is 28.3 Å². The average molecular weight is 257 g/mol. The van der Waals surface area contributed by atoms with Crippen molar-refractivity contribution in [1.82, 2.24) is 4.98 Å². The molecule has 0 N–H and O–H groups in total. The minimum absolute atomic E-state index is 0.130. The molecule has 0 radical (unpaired) electrons. The maximum atomic E-state index is 5.92. The van der Waals surface area contributed by atoms with E-state index < -0.39 is 0 Å². The molecule has 0 saturated carbocycles. The summed E-state index contributed by atoms with van der Waals surface area (Å²) >= 11 is 0. The molecule has 0 amide bonds. The van der Waals surface area contributed by atoms with Crippen LogP contribution in [0.3, 0.4) is 0 Å². The van der Waals surface area contributed by atoms with Crippen LogP contribution in [-0.2, 0) is 0 Å². The van der Waals surface area contributed by atoms with Gasteiger partial charge in [-0.3, -0.25) is 4.98 Å². The highest BCUT2D eigenvalue weighted by Crippen LogP contribution is 2.33. The van der Waals surface area contributed by atoms with Crippen molar-refractivity contribution in [1.29, 1.82) is 0 Å². The SMILES string of the molecule is COc1ccnc(-c2cccc(C)c2OC(C)C)c1. The molecular formula is C16H19NO2. The summed E-state index contributed by atoms with van der Waals surface area (Å²) in [4.78, 5) is 4.41. The fourth-order valence-corrected chi connectivity index (χ4v) is 1.93. The predicted octanol–water partition coefficient (Wildman–Crippen LogP) is 3.85. The first-order chi connectivity index (χ1) is 9.11. The van der Waals surface area contributed by atoms with Gasteiger partial charge in [0.15, 0.2) is 0 Å². The number of pyridine rings is 1. The number of aryl methyl sites for hydroxylation is 1. The molecule has 0 aliphatic carbocycles. The molecule has 19 heavy (non-hydrogen) atoms. The lowest BCUT2D eigenvalue weighted by molar-refractivity contribution is 0.242. The first-order valence-corrected chi connectivity index (χ1v) is 6.38. The van der Waals surface area contributed by atoms with Crippen molar-refractivity contribution in [2.45, 2.75) is 26.9 Å². The molecule has 1 aromatic carbocycles. The minimum atomic E-state index is 0.130. The maximum Gasteiger partial charge on any atom is 0.131 e. The third kappa shape index (κ3) is 3.05. The Balaban J connectivity index is 2.51. The standard InChI is InChI=1S/C16H19NO2/c1-11(2)19-16-12(3)6-5-7-14(16)15-10-13(18-4)8-9-17-15/h5-11H,1-4H3. The van der Waals surface area contributed by atoms with Gasteiger partial charge in [0.2, 0.25) is 0 Å². The summed E-state index contributed by atoms with van der Waals surface area (Å²) < 4.78 is 11.2. The van der Waals surface area contributed by atoms with Gasteiger partial charge in [-0.1, -0.05) is 12.1 Å². The Bertz CT molecular complexity index is 564. The monoisotopic (exact) mass is 257 g/mol. The van der Waals surface area contributed by atoms with E-state index in [1.807, 2.05) is 51.1 Å². The summed E-state index contributed by atoms with van der Waals surface area (Å²) in [6, 6.07) is 9.83. The highest BCUT2D eigenvalue weighted by Gasteiger charge is 2.12. The van der Waals surface area contributed by atoms with Crippen LogP contribution >= 0.6 is 0 Å². The Morgan fingerprint density at radius 1 is 1.16 bits per heavy atom. The molecule has 0 bridgehead atoms. The summed E-state index contributed by atoms with van der Waals surface area (Å²) in [5.41, 5.74) is 2.96. The summed E-state index contributed by atoms with van der Waals surface area (Å²) in [6.07, 6.45) is 1.88. The van der Waals surface area contributed by atoms with Crippen LogP contribution in [0.4, 0.5) is 0 Å². The Kier molecular flexibility index (Phi) is 4.05. The van der Waals surface area contributed by atoms with Gasteiger partial charge >= 0.3 is 0 Å². The molecule has 1 aromatic heterocycles. The molecule has 3 heteroatoms. The van der Waals surface area contributed by atoms with Crippen LogP contribution in [0.2, 0.25) is 0 Å². The van der Waals surface area contributed by atoms with E-state index in [-0.39, 0.29) is 6.10 Å².